The van der Waals surface area contributed by atoms with Crippen molar-refractivity contribution in [2.24, 2.45) is 0 Å². The van der Waals surface area contributed by atoms with Gasteiger partial charge < -0.3 is 4.42 Å². The SMILES string of the molecule is c1ccc(P(CCc2ccco2)c2ccccc2)cc1. The zero-order valence-corrected chi connectivity index (χ0v) is 12.2. The molecule has 0 aliphatic rings. The molecule has 0 radical (unpaired) electrons. The van der Waals surface area contributed by atoms with Gasteiger partial charge in [0.25, 0.3) is 0 Å². The molecule has 3 aromatic rings. The lowest BCUT2D eigenvalue weighted by Crippen LogP contribution is -2.14. The molecule has 3 rings (SSSR count). The van der Waals surface area contributed by atoms with Gasteiger partial charge in [-0.25, -0.2) is 0 Å². The van der Waals surface area contributed by atoms with Crippen LogP contribution in [0.5, 0.6) is 0 Å². The molecule has 100 valence electrons. The van der Waals surface area contributed by atoms with Gasteiger partial charge in [-0.1, -0.05) is 60.7 Å². The zero-order valence-electron chi connectivity index (χ0n) is 11.3. The molecule has 2 aromatic carbocycles. The van der Waals surface area contributed by atoms with Crippen LogP contribution in [0.15, 0.2) is 83.5 Å². The summed E-state index contributed by atoms with van der Waals surface area (Å²) in [7, 11) is -0.316. The quantitative estimate of drug-likeness (QED) is 0.645. The first-order chi connectivity index (χ1) is 9.93. The average Bonchev–Trinajstić information content (AvgIpc) is 3.03. The summed E-state index contributed by atoms with van der Waals surface area (Å²) < 4.78 is 5.47. The second-order valence-corrected chi connectivity index (χ2v) is 6.99. The maximum atomic E-state index is 5.47. The highest BCUT2D eigenvalue weighted by Gasteiger charge is 2.13. The van der Waals surface area contributed by atoms with Crippen LogP contribution in [0.25, 0.3) is 0 Å². The van der Waals surface area contributed by atoms with E-state index < -0.39 is 0 Å². The fraction of sp³-hybridized carbons (Fsp3) is 0.111. The topological polar surface area (TPSA) is 13.1 Å². The van der Waals surface area contributed by atoms with Crippen LogP contribution in [0.1, 0.15) is 5.76 Å². The van der Waals surface area contributed by atoms with Crippen molar-refractivity contribution >= 4 is 18.5 Å². The van der Waals surface area contributed by atoms with Gasteiger partial charge >= 0.3 is 0 Å². The molecule has 0 spiro atoms. The number of furan rings is 1. The Balaban J connectivity index is 1.84. The van der Waals surface area contributed by atoms with Crippen molar-refractivity contribution in [3.05, 3.63) is 84.8 Å². The van der Waals surface area contributed by atoms with Gasteiger partial charge in [-0.3, -0.25) is 0 Å². The molecule has 0 unspecified atom stereocenters. The minimum absolute atomic E-state index is 0.316. The Hall–Kier alpha value is -1.85. The van der Waals surface area contributed by atoms with Crippen molar-refractivity contribution < 1.29 is 4.42 Å². The Kier molecular flexibility index (Phi) is 4.30. The van der Waals surface area contributed by atoms with Crippen LogP contribution in [0.3, 0.4) is 0 Å². The van der Waals surface area contributed by atoms with Crippen molar-refractivity contribution in [3.8, 4) is 0 Å². The fourth-order valence-corrected chi connectivity index (χ4v) is 4.62. The van der Waals surface area contributed by atoms with Gasteiger partial charge in [0.2, 0.25) is 0 Å². The standard InChI is InChI=1S/C18H17OP/c1-3-9-17(10-4-1)20(18-11-5-2-6-12-18)15-13-16-8-7-14-19-16/h1-12,14H,13,15H2. The summed E-state index contributed by atoms with van der Waals surface area (Å²) in [6, 6.07) is 25.6. The Labute approximate surface area is 121 Å². The molecule has 0 atom stereocenters. The molecule has 1 nitrogen and oxygen atoms in total. The van der Waals surface area contributed by atoms with Crippen LogP contribution in [0, 0.1) is 0 Å². The highest BCUT2D eigenvalue weighted by atomic mass is 31.1. The predicted molar refractivity (Wildman–Crippen MR) is 86.4 cm³/mol. The van der Waals surface area contributed by atoms with E-state index in [0.717, 1.165) is 18.3 Å². The Bertz CT molecular complexity index is 578. The predicted octanol–water partition coefficient (Wildman–Crippen LogP) is 3.96. The van der Waals surface area contributed by atoms with Gasteiger partial charge in [-0.05, 0) is 36.8 Å². The lowest BCUT2D eigenvalue weighted by molar-refractivity contribution is 0.517. The van der Waals surface area contributed by atoms with Crippen LogP contribution < -0.4 is 10.6 Å². The van der Waals surface area contributed by atoms with E-state index >= 15 is 0 Å². The maximum Gasteiger partial charge on any atom is 0.104 e. The van der Waals surface area contributed by atoms with Gasteiger partial charge in [0.05, 0.1) is 6.26 Å². The number of aryl methyl sites for hydroxylation is 1. The molecule has 0 aliphatic carbocycles. The van der Waals surface area contributed by atoms with Crippen molar-refractivity contribution in [2.75, 3.05) is 6.16 Å². The fourth-order valence-electron chi connectivity index (χ4n) is 2.30. The summed E-state index contributed by atoms with van der Waals surface area (Å²) in [5, 5.41) is 2.86. The van der Waals surface area contributed by atoms with E-state index in [-0.39, 0.29) is 7.92 Å². The Morgan fingerprint density at radius 1 is 0.700 bits per heavy atom. The number of benzene rings is 2. The molecule has 0 N–H and O–H groups in total. The normalized spacial score (nSPS) is 10.8. The van der Waals surface area contributed by atoms with Gasteiger partial charge in [-0.2, -0.15) is 0 Å². The molecule has 0 amide bonds. The summed E-state index contributed by atoms with van der Waals surface area (Å²) >= 11 is 0. The molecule has 0 saturated heterocycles. The average molecular weight is 280 g/mol. The molecule has 20 heavy (non-hydrogen) atoms. The third kappa shape index (κ3) is 3.18. The van der Waals surface area contributed by atoms with Crippen LogP contribution >= 0.6 is 7.92 Å². The van der Waals surface area contributed by atoms with E-state index in [1.54, 1.807) is 6.26 Å². The molecule has 0 bridgehead atoms. The Morgan fingerprint density at radius 3 is 1.80 bits per heavy atom. The molecule has 1 heterocycles. The van der Waals surface area contributed by atoms with Gasteiger partial charge in [0.15, 0.2) is 0 Å². The number of hydrogen-bond donors (Lipinski definition) is 0. The molecule has 2 heteroatoms. The van der Waals surface area contributed by atoms with E-state index in [1.807, 2.05) is 6.07 Å². The third-order valence-electron chi connectivity index (χ3n) is 3.30. The van der Waals surface area contributed by atoms with E-state index in [1.165, 1.54) is 10.6 Å². The first kappa shape index (κ1) is 13.1. The zero-order chi connectivity index (χ0) is 13.6. The minimum Gasteiger partial charge on any atom is -0.469 e. The first-order valence-corrected chi connectivity index (χ1v) is 8.36. The number of hydrogen-bond acceptors (Lipinski definition) is 1. The van der Waals surface area contributed by atoms with Crippen molar-refractivity contribution in [1.82, 2.24) is 0 Å². The highest BCUT2D eigenvalue weighted by molar-refractivity contribution is 7.73. The van der Waals surface area contributed by atoms with Crippen molar-refractivity contribution in [3.63, 3.8) is 0 Å². The van der Waals surface area contributed by atoms with E-state index in [2.05, 4.69) is 66.7 Å². The summed E-state index contributed by atoms with van der Waals surface area (Å²) in [6.07, 6.45) is 3.86. The van der Waals surface area contributed by atoms with Crippen LogP contribution in [-0.2, 0) is 6.42 Å². The molecular formula is C18H17OP. The van der Waals surface area contributed by atoms with Crippen molar-refractivity contribution in [2.45, 2.75) is 6.42 Å². The second-order valence-electron chi connectivity index (χ2n) is 4.65. The summed E-state index contributed by atoms with van der Waals surface area (Å²) in [6.45, 7) is 0. The molecule has 0 saturated carbocycles. The van der Waals surface area contributed by atoms with Crippen LogP contribution in [0.2, 0.25) is 0 Å². The lowest BCUT2D eigenvalue weighted by Gasteiger charge is -2.18. The van der Waals surface area contributed by atoms with Gasteiger partial charge in [0.1, 0.15) is 5.76 Å². The first-order valence-electron chi connectivity index (χ1n) is 6.83. The molecule has 0 aliphatic heterocycles. The minimum atomic E-state index is -0.316. The highest BCUT2D eigenvalue weighted by Crippen LogP contribution is 2.34. The monoisotopic (exact) mass is 280 g/mol. The molecular weight excluding hydrogens is 263 g/mol. The van der Waals surface area contributed by atoms with Crippen LogP contribution in [-0.4, -0.2) is 6.16 Å². The third-order valence-corrected chi connectivity index (χ3v) is 5.81. The maximum absolute atomic E-state index is 5.47. The number of rotatable bonds is 5. The van der Waals surface area contributed by atoms with Gasteiger partial charge in [-0.15, -0.1) is 0 Å². The Morgan fingerprint density at radius 2 is 1.30 bits per heavy atom. The smallest absolute Gasteiger partial charge is 0.104 e. The molecule has 1 aromatic heterocycles. The lowest BCUT2D eigenvalue weighted by atomic mass is 10.4. The van der Waals surface area contributed by atoms with Crippen LogP contribution in [0.4, 0.5) is 0 Å². The summed E-state index contributed by atoms with van der Waals surface area (Å²) in [5.74, 6) is 1.07. The van der Waals surface area contributed by atoms with E-state index in [9.17, 15) is 0 Å². The summed E-state index contributed by atoms with van der Waals surface area (Å²) in [5.41, 5.74) is 0. The largest absolute Gasteiger partial charge is 0.469 e. The second kappa shape index (κ2) is 6.54. The van der Waals surface area contributed by atoms with E-state index in [0.29, 0.717) is 0 Å². The van der Waals surface area contributed by atoms with Crippen molar-refractivity contribution in [1.29, 1.82) is 0 Å². The molecule has 0 fully saturated rings. The van der Waals surface area contributed by atoms with E-state index in [4.69, 9.17) is 4.42 Å². The van der Waals surface area contributed by atoms with Gasteiger partial charge in [0, 0.05) is 6.42 Å². The summed E-state index contributed by atoms with van der Waals surface area (Å²) in [4.78, 5) is 0.